The summed E-state index contributed by atoms with van der Waals surface area (Å²) in [5.41, 5.74) is 0. The molecule has 0 spiro atoms. The molecule has 0 atom stereocenters. The predicted molar refractivity (Wildman–Crippen MR) is 29.5 cm³/mol. The summed E-state index contributed by atoms with van der Waals surface area (Å²) in [4.78, 5) is 34.5. The van der Waals surface area contributed by atoms with E-state index in [2.05, 4.69) is 0 Å². The number of carbonyl (C=O) groups is 1. The average Bonchev–Trinajstić information content (AvgIpc) is 1.59. The Hall–Kier alpha value is 0.450. The fourth-order valence-electron chi connectivity index (χ4n) is 0.275. The van der Waals surface area contributed by atoms with Crippen LogP contribution in [-0.2, 0) is 31.0 Å². The van der Waals surface area contributed by atoms with E-state index >= 15 is 0 Å². The smallest absolute Gasteiger partial charge is 0.481 e. The first kappa shape index (κ1) is 13.1. The van der Waals surface area contributed by atoms with Crippen LogP contribution in [0.2, 0.25) is 6.04 Å². The van der Waals surface area contributed by atoms with Crippen LogP contribution in [0.1, 0.15) is 6.42 Å². The van der Waals surface area contributed by atoms with Gasteiger partial charge in [-0.2, -0.15) is 0 Å². The van der Waals surface area contributed by atoms with Gasteiger partial charge in [0.25, 0.3) is 0 Å². The van der Waals surface area contributed by atoms with Crippen LogP contribution in [0.25, 0.3) is 0 Å². The van der Waals surface area contributed by atoms with Crippen LogP contribution in [0.4, 0.5) is 0 Å². The van der Waals surface area contributed by atoms with Crippen molar-refractivity contribution in [2.24, 2.45) is 0 Å². The number of carboxylic acids is 1. The molecule has 0 aromatic rings. The van der Waals surface area contributed by atoms with Gasteiger partial charge in [0, 0.05) is 38.7 Å². The van der Waals surface area contributed by atoms with Crippen molar-refractivity contribution >= 4 is 14.8 Å². The van der Waals surface area contributed by atoms with Crippen molar-refractivity contribution in [2.45, 2.75) is 12.5 Å². The maximum atomic E-state index is 9.73. The van der Waals surface area contributed by atoms with E-state index in [0.717, 1.165) is 0 Å². The number of carboxylic acid groups (broad SMARTS) is 1. The van der Waals surface area contributed by atoms with E-state index in [-0.39, 0.29) is 26.2 Å². The fourth-order valence-corrected chi connectivity index (χ4v) is 0.824. The first-order valence-electron chi connectivity index (χ1n) is 2.31. The molecule has 0 fully saturated rings. The molecule has 0 saturated carbocycles. The van der Waals surface area contributed by atoms with Gasteiger partial charge >= 0.3 is 14.8 Å². The Labute approximate surface area is 77.8 Å². The van der Waals surface area contributed by atoms with E-state index in [1.165, 1.54) is 0 Å². The summed E-state index contributed by atoms with van der Waals surface area (Å²) in [6, 6.07) is -0.442. The van der Waals surface area contributed by atoms with E-state index in [9.17, 15) is 4.79 Å². The topological polar surface area (TPSA) is 98.0 Å². The van der Waals surface area contributed by atoms with Crippen molar-refractivity contribution in [3.05, 3.63) is 0 Å². The second kappa shape index (κ2) is 5.15. The van der Waals surface area contributed by atoms with Crippen LogP contribution in [0.5, 0.6) is 0 Å². The monoisotopic (exact) mass is 242 g/mol. The van der Waals surface area contributed by atoms with Crippen LogP contribution in [0.3, 0.4) is 0 Å². The van der Waals surface area contributed by atoms with Gasteiger partial charge in [-0.25, -0.2) is 0 Å². The zero-order chi connectivity index (χ0) is 7.49. The molecule has 5 nitrogen and oxygen atoms in total. The van der Waals surface area contributed by atoms with E-state index < -0.39 is 27.2 Å². The molecule has 0 unspecified atom stereocenters. The molecule has 10 heavy (non-hydrogen) atoms. The molecule has 0 aromatic heterocycles. The summed E-state index contributed by atoms with van der Waals surface area (Å²) in [5, 5.41) is 7.97. The second-order valence-electron chi connectivity index (χ2n) is 1.67. The SMILES string of the molecule is O=C(O)CC[Si](O)(O)O.[Zr]. The Morgan fingerprint density at radius 2 is 1.70 bits per heavy atom. The van der Waals surface area contributed by atoms with Gasteiger partial charge in [0.05, 0.1) is 0 Å². The molecule has 0 bridgehead atoms. The van der Waals surface area contributed by atoms with Gasteiger partial charge in [-0.15, -0.1) is 0 Å². The minimum Gasteiger partial charge on any atom is -0.481 e. The first-order chi connectivity index (χ1) is 3.92. The molecule has 0 aliphatic carbocycles. The number of hydrogen-bond donors (Lipinski definition) is 4. The molecule has 58 valence electrons. The zero-order valence-corrected chi connectivity index (χ0v) is 8.57. The summed E-state index contributed by atoms with van der Waals surface area (Å²) in [5.74, 6) is -1.15. The average molecular weight is 243 g/mol. The van der Waals surface area contributed by atoms with Crippen molar-refractivity contribution in [2.75, 3.05) is 0 Å². The Morgan fingerprint density at radius 1 is 1.30 bits per heavy atom. The van der Waals surface area contributed by atoms with Crippen molar-refractivity contribution in [3.8, 4) is 0 Å². The molecule has 0 heterocycles. The van der Waals surface area contributed by atoms with E-state index in [1.54, 1.807) is 0 Å². The van der Waals surface area contributed by atoms with Crippen LogP contribution in [-0.4, -0.2) is 34.3 Å². The molecule has 0 saturated heterocycles. The Kier molecular flexibility index (Phi) is 6.73. The molecule has 0 radical (unpaired) electrons. The minimum absolute atomic E-state index is 0. The van der Waals surface area contributed by atoms with Crippen molar-refractivity contribution in [1.29, 1.82) is 0 Å². The fraction of sp³-hybridized carbons (Fsp3) is 0.667. The van der Waals surface area contributed by atoms with Gasteiger partial charge in [-0.1, -0.05) is 0 Å². The van der Waals surface area contributed by atoms with E-state index in [1.807, 2.05) is 0 Å². The van der Waals surface area contributed by atoms with Crippen LogP contribution in [0, 0.1) is 0 Å². The maximum Gasteiger partial charge on any atom is 0.493 e. The molecule has 7 heteroatoms. The van der Waals surface area contributed by atoms with Crippen molar-refractivity contribution in [3.63, 3.8) is 0 Å². The molecular weight excluding hydrogens is 235 g/mol. The third-order valence-corrected chi connectivity index (χ3v) is 1.60. The van der Waals surface area contributed by atoms with E-state index in [0.29, 0.717) is 0 Å². The number of hydrogen-bond acceptors (Lipinski definition) is 4. The van der Waals surface area contributed by atoms with Gasteiger partial charge in [0.15, 0.2) is 0 Å². The van der Waals surface area contributed by atoms with Crippen molar-refractivity contribution in [1.82, 2.24) is 0 Å². The Morgan fingerprint density at radius 3 is 1.80 bits per heavy atom. The van der Waals surface area contributed by atoms with Crippen LogP contribution in [0.15, 0.2) is 0 Å². The molecule has 4 N–H and O–H groups in total. The summed E-state index contributed by atoms with van der Waals surface area (Å²) >= 11 is 0. The summed E-state index contributed by atoms with van der Waals surface area (Å²) in [7, 11) is -4.10. The van der Waals surface area contributed by atoms with Crippen LogP contribution < -0.4 is 0 Å². The molecule has 0 rings (SSSR count). The number of aliphatic carboxylic acids is 1. The standard InChI is InChI=1S/C3H8O5Si.Zr/c4-3(5)1-2-9(6,7)8;/h6-8H,1-2H2,(H,4,5);. The summed E-state index contributed by atoms with van der Waals surface area (Å²) < 4.78 is 0. The predicted octanol–water partition coefficient (Wildman–Crippen LogP) is -1.63. The van der Waals surface area contributed by atoms with Gasteiger partial charge in [0.1, 0.15) is 0 Å². The van der Waals surface area contributed by atoms with Gasteiger partial charge < -0.3 is 19.5 Å². The van der Waals surface area contributed by atoms with Crippen LogP contribution >= 0.6 is 0 Å². The maximum absolute atomic E-state index is 9.73. The third-order valence-electron chi connectivity index (χ3n) is 0.674. The molecule has 0 amide bonds. The molecule has 0 aromatic carbocycles. The largest absolute Gasteiger partial charge is 0.493 e. The molecule has 0 aliphatic rings. The minimum atomic E-state index is -4.10. The zero-order valence-electron chi connectivity index (χ0n) is 5.11. The Balaban J connectivity index is 0. The van der Waals surface area contributed by atoms with E-state index in [4.69, 9.17) is 19.5 Å². The van der Waals surface area contributed by atoms with Crippen molar-refractivity contribution < 1.29 is 50.5 Å². The Bertz CT molecular complexity index is 110. The van der Waals surface area contributed by atoms with Gasteiger partial charge in [-0.05, 0) is 0 Å². The summed E-state index contributed by atoms with van der Waals surface area (Å²) in [6.07, 6.45) is -0.407. The number of rotatable bonds is 3. The molecular formula is C3H8O5SiZr. The summed E-state index contributed by atoms with van der Waals surface area (Å²) in [6.45, 7) is 0. The normalized spacial score (nSPS) is 10.3. The first-order valence-corrected chi connectivity index (χ1v) is 4.35. The quantitative estimate of drug-likeness (QED) is 0.446. The van der Waals surface area contributed by atoms with Gasteiger partial charge in [0.2, 0.25) is 0 Å². The second-order valence-corrected chi connectivity index (χ2v) is 3.72. The third kappa shape index (κ3) is 11.3. The molecule has 0 aliphatic heterocycles. The van der Waals surface area contributed by atoms with Gasteiger partial charge in [-0.3, -0.25) is 4.79 Å².